The van der Waals surface area contributed by atoms with Crippen LogP contribution in [-0.2, 0) is 19.0 Å². The van der Waals surface area contributed by atoms with Crippen molar-refractivity contribution in [1.29, 1.82) is 0 Å². The van der Waals surface area contributed by atoms with Gasteiger partial charge in [0.1, 0.15) is 11.6 Å². The molecule has 0 bridgehead atoms. The van der Waals surface area contributed by atoms with E-state index in [1.165, 1.54) is 18.2 Å². The van der Waals surface area contributed by atoms with Crippen molar-refractivity contribution >= 4 is 22.4 Å². The van der Waals surface area contributed by atoms with Gasteiger partial charge in [-0.3, -0.25) is 0 Å². The lowest BCUT2D eigenvalue weighted by atomic mass is 10.0. The number of anilines is 2. The van der Waals surface area contributed by atoms with Crippen LogP contribution in [0.25, 0.3) is 10.9 Å². The summed E-state index contributed by atoms with van der Waals surface area (Å²) in [5.41, 5.74) is 4.79. The standard InChI is InChI=1S/C28H29F6N5O/c29-27(30,31)19-4-6-21(7-5-19)36-26-23-8-3-18(16-20(2-1-12-35)28(32,33)34)17-24(23)37-25(38-26)11-15-39-13-9-22(40)10-14-39/h1-8,12,17,22,40H,9-11,13-16,35H2,(H,36,37,38)/b12-1-,20-2+. The largest absolute Gasteiger partial charge is 0.416 e. The van der Waals surface area contributed by atoms with Gasteiger partial charge < -0.3 is 21.1 Å². The number of nitrogens with two attached hydrogens (primary N) is 1. The summed E-state index contributed by atoms with van der Waals surface area (Å²) >= 11 is 0. The third-order valence-corrected chi connectivity index (χ3v) is 6.66. The van der Waals surface area contributed by atoms with Gasteiger partial charge >= 0.3 is 12.4 Å². The molecule has 6 nitrogen and oxygen atoms in total. The molecule has 0 spiro atoms. The quantitative estimate of drug-likeness (QED) is 0.233. The second-order valence-electron chi connectivity index (χ2n) is 9.61. The Bertz CT molecular complexity index is 1360. The monoisotopic (exact) mass is 565 g/mol. The number of hydrogen-bond acceptors (Lipinski definition) is 6. The first kappa shape index (κ1) is 29.3. The van der Waals surface area contributed by atoms with Gasteiger partial charge in [0.25, 0.3) is 0 Å². The SMILES string of the molecule is N/C=C\C=C(/Cc1ccc2c(Nc3ccc(C(F)(F)F)cc3)nc(CCN3CCC(O)CC3)nc2c1)C(F)(F)F. The smallest absolute Gasteiger partial charge is 0.405 e. The van der Waals surface area contributed by atoms with Crippen molar-refractivity contribution in [3.63, 3.8) is 0 Å². The molecule has 1 fully saturated rings. The highest BCUT2D eigenvalue weighted by atomic mass is 19.4. The fourth-order valence-electron chi connectivity index (χ4n) is 4.47. The van der Waals surface area contributed by atoms with Crippen molar-refractivity contribution in [3.05, 3.63) is 83.3 Å². The zero-order chi connectivity index (χ0) is 28.9. The number of fused-ring (bicyclic) bond motifs is 1. The molecule has 1 aromatic heterocycles. The van der Waals surface area contributed by atoms with Crippen molar-refractivity contribution in [3.8, 4) is 0 Å². The topological polar surface area (TPSA) is 87.3 Å². The van der Waals surface area contributed by atoms with E-state index < -0.39 is 29.9 Å². The maximum Gasteiger partial charge on any atom is 0.416 e. The Morgan fingerprint density at radius 2 is 1.73 bits per heavy atom. The number of halogens is 6. The fourth-order valence-corrected chi connectivity index (χ4v) is 4.47. The van der Waals surface area contributed by atoms with Crippen LogP contribution >= 0.6 is 0 Å². The summed E-state index contributed by atoms with van der Waals surface area (Å²) in [6.45, 7) is 2.06. The lowest BCUT2D eigenvalue weighted by Gasteiger charge is -2.29. The Morgan fingerprint density at radius 1 is 1.02 bits per heavy atom. The number of aliphatic hydroxyl groups is 1. The molecule has 3 aromatic rings. The van der Waals surface area contributed by atoms with Gasteiger partial charge in [0.05, 0.1) is 17.2 Å². The van der Waals surface area contributed by atoms with Crippen molar-refractivity contribution in [2.45, 2.75) is 44.1 Å². The summed E-state index contributed by atoms with van der Waals surface area (Å²) in [7, 11) is 0. The van der Waals surface area contributed by atoms with Crippen LogP contribution < -0.4 is 11.1 Å². The summed E-state index contributed by atoms with van der Waals surface area (Å²) in [4.78, 5) is 11.4. The molecule has 1 aliphatic rings. The van der Waals surface area contributed by atoms with E-state index in [4.69, 9.17) is 5.73 Å². The van der Waals surface area contributed by atoms with E-state index in [2.05, 4.69) is 20.2 Å². The molecule has 2 heterocycles. The molecular weight excluding hydrogens is 536 g/mol. The van der Waals surface area contributed by atoms with Gasteiger partial charge in [-0.05, 0) is 67.1 Å². The van der Waals surface area contributed by atoms with Gasteiger partial charge in [0, 0.05) is 49.1 Å². The number of aliphatic hydroxyl groups excluding tert-OH is 1. The first-order chi connectivity index (χ1) is 18.9. The predicted molar refractivity (Wildman–Crippen MR) is 141 cm³/mol. The molecule has 2 aromatic carbocycles. The maximum absolute atomic E-state index is 13.5. The summed E-state index contributed by atoms with van der Waals surface area (Å²) in [5.74, 6) is 0.765. The number of piperidine rings is 1. The molecule has 1 aliphatic heterocycles. The Balaban J connectivity index is 1.66. The van der Waals surface area contributed by atoms with Gasteiger partial charge in [-0.1, -0.05) is 12.1 Å². The highest BCUT2D eigenvalue weighted by Crippen LogP contribution is 2.33. The van der Waals surface area contributed by atoms with E-state index in [0.717, 1.165) is 43.6 Å². The number of rotatable bonds is 8. The fraction of sp³-hybridized carbons (Fsp3) is 0.357. The van der Waals surface area contributed by atoms with Crippen LogP contribution in [0.4, 0.5) is 37.8 Å². The molecule has 0 unspecified atom stereocenters. The number of hydrogen-bond donors (Lipinski definition) is 3. The molecule has 214 valence electrons. The van der Waals surface area contributed by atoms with Gasteiger partial charge in [-0.15, -0.1) is 0 Å². The predicted octanol–water partition coefficient (Wildman–Crippen LogP) is 5.90. The van der Waals surface area contributed by atoms with Crippen molar-refractivity contribution in [1.82, 2.24) is 14.9 Å². The molecule has 0 atom stereocenters. The minimum atomic E-state index is -4.55. The number of likely N-dealkylation sites (tertiary alicyclic amines) is 1. The average molecular weight is 566 g/mol. The van der Waals surface area contributed by atoms with Crippen LogP contribution in [0.2, 0.25) is 0 Å². The molecule has 0 aliphatic carbocycles. The van der Waals surface area contributed by atoms with E-state index in [-0.39, 0.29) is 6.10 Å². The lowest BCUT2D eigenvalue weighted by Crippen LogP contribution is -2.37. The average Bonchev–Trinajstić information content (AvgIpc) is 2.89. The zero-order valence-corrected chi connectivity index (χ0v) is 21.4. The van der Waals surface area contributed by atoms with E-state index >= 15 is 0 Å². The summed E-state index contributed by atoms with van der Waals surface area (Å²) in [5, 5.41) is 13.3. The molecule has 0 amide bonds. The van der Waals surface area contributed by atoms with Crippen molar-refractivity contribution < 1.29 is 31.4 Å². The van der Waals surface area contributed by atoms with Crippen LogP contribution in [0, 0.1) is 0 Å². The van der Waals surface area contributed by atoms with E-state index in [9.17, 15) is 31.4 Å². The van der Waals surface area contributed by atoms with Crippen LogP contribution in [0.15, 0.2) is 66.4 Å². The molecule has 4 N–H and O–H groups in total. The van der Waals surface area contributed by atoms with Gasteiger partial charge in [0.2, 0.25) is 0 Å². The number of nitrogens with one attached hydrogen (secondary N) is 1. The number of nitrogens with zero attached hydrogens (tertiary/aromatic N) is 3. The Morgan fingerprint density at radius 3 is 2.35 bits per heavy atom. The van der Waals surface area contributed by atoms with E-state index in [0.29, 0.717) is 59.6 Å². The molecule has 4 rings (SSSR count). The minimum Gasteiger partial charge on any atom is -0.405 e. The molecule has 12 heteroatoms. The lowest BCUT2D eigenvalue weighted by molar-refractivity contribution is -0.137. The maximum atomic E-state index is 13.5. The van der Waals surface area contributed by atoms with E-state index in [1.54, 1.807) is 12.1 Å². The summed E-state index contributed by atoms with van der Waals surface area (Å²) in [6.07, 6.45) is -4.92. The van der Waals surface area contributed by atoms with Gasteiger partial charge in [-0.2, -0.15) is 26.3 Å². The normalized spacial score (nSPS) is 16.2. The zero-order valence-electron chi connectivity index (χ0n) is 21.4. The Labute approximate surface area is 227 Å². The molecule has 40 heavy (non-hydrogen) atoms. The highest BCUT2D eigenvalue weighted by molar-refractivity contribution is 5.91. The van der Waals surface area contributed by atoms with Crippen LogP contribution in [0.1, 0.15) is 29.8 Å². The van der Waals surface area contributed by atoms with Gasteiger partial charge in [0.15, 0.2) is 0 Å². The van der Waals surface area contributed by atoms with Gasteiger partial charge in [-0.25, -0.2) is 9.97 Å². The molecule has 0 saturated carbocycles. The summed E-state index contributed by atoms with van der Waals surface area (Å²) < 4.78 is 79.6. The number of aromatic nitrogens is 2. The first-order valence-electron chi connectivity index (χ1n) is 12.7. The Hall–Kier alpha value is -3.64. The third-order valence-electron chi connectivity index (χ3n) is 6.66. The molecule has 1 saturated heterocycles. The number of benzene rings is 2. The van der Waals surface area contributed by atoms with Crippen molar-refractivity contribution in [2.75, 3.05) is 25.0 Å². The van der Waals surface area contributed by atoms with Crippen molar-refractivity contribution in [2.24, 2.45) is 5.73 Å². The van der Waals surface area contributed by atoms with E-state index in [1.807, 2.05) is 0 Å². The number of allylic oxidation sites excluding steroid dienone is 3. The van der Waals surface area contributed by atoms with Crippen LogP contribution in [-0.4, -0.2) is 51.9 Å². The second-order valence-corrected chi connectivity index (χ2v) is 9.61. The molecular formula is C28H29F6N5O. The van der Waals surface area contributed by atoms with Crippen LogP contribution in [0.5, 0.6) is 0 Å². The minimum absolute atomic E-state index is 0.317. The number of alkyl halides is 6. The Kier molecular flexibility index (Phi) is 8.99. The first-order valence-corrected chi connectivity index (χ1v) is 12.7. The summed E-state index contributed by atoms with van der Waals surface area (Å²) in [6, 6.07) is 9.17. The third kappa shape index (κ3) is 7.72. The molecule has 0 radical (unpaired) electrons. The second kappa shape index (κ2) is 12.3. The highest BCUT2D eigenvalue weighted by Gasteiger charge is 2.33. The van der Waals surface area contributed by atoms with Crippen LogP contribution in [0.3, 0.4) is 0 Å².